The van der Waals surface area contributed by atoms with Crippen molar-refractivity contribution in [3.8, 4) is 0 Å². The van der Waals surface area contributed by atoms with Crippen molar-refractivity contribution in [3.63, 3.8) is 0 Å². The number of rotatable bonds is 10. The van der Waals surface area contributed by atoms with Crippen LogP contribution in [0, 0.1) is 0 Å². The van der Waals surface area contributed by atoms with Crippen LogP contribution in [-0.4, -0.2) is 63.3 Å². The number of hydrogen-bond acceptors (Lipinski definition) is 7. The van der Waals surface area contributed by atoms with Crippen LogP contribution >= 0.6 is 0 Å². The van der Waals surface area contributed by atoms with E-state index in [1.165, 1.54) is 14.0 Å². The van der Waals surface area contributed by atoms with Crippen molar-refractivity contribution in [2.24, 2.45) is 0 Å². The molecule has 0 spiro atoms. The van der Waals surface area contributed by atoms with E-state index in [4.69, 9.17) is 14.2 Å². The van der Waals surface area contributed by atoms with E-state index in [0.29, 0.717) is 6.61 Å². The highest BCUT2D eigenvalue weighted by Gasteiger charge is 2.12. The van der Waals surface area contributed by atoms with Gasteiger partial charge in [-0.15, -0.1) is 0 Å². The van der Waals surface area contributed by atoms with Crippen molar-refractivity contribution in [1.82, 2.24) is 0 Å². The third-order valence-corrected chi connectivity index (χ3v) is 1.84. The van der Waals surface area contributed by atoms with E-state index >= 15 is 0 Å². The van der Waals surface area contributed by atoms with Crippen LogP contribution in [-0.2, 0) is 28.5 Å². The smallest absolute Gasteiger partial charge is 0.333 e. The van der Waals surface area contributed by atoms with Gasteiger partial charge in [-0.3, -0.25) is 0 Å². The Bertz CT molecular complexity index is 300. The number of carbonyl (C=O) groups excluding carboxylic acids is 2. The van der Waals surface area contributed by atoms with Gasteiger partial charge in [-0.05, 0) is 6.92 Å². The molecule has 0 bridgehead atoms. The fourth-order valence-corrected chi connectivity index (χ4v) is 0.872. The molecule has 0 radical (unpaired) electrons. The first-order valence-corrected chi connectivity index (χ1v) is 5.70. The second-order valence-corrected chi connectivity index (χ2v) is 3.76. The first-order chi connectivity index (χ1) is 8.97. The second kappa shape index (κ2) is 10.5. The fraction of sp³-hybridized carbons (Fsp3) is 0.667. The normalized spacial score (nSPS) is 11.7. The van der Waals surface area contributed by atoms with E-state index in [2.05, 4.69) is 11.3 Å². The van der Waals surface area contributed by atoms with Crippen LogP contribution < -0.4 is 0 Å². The lowest BCUT2D eigenvalue weighted by Crippen LogP contribution is -2.26. The largest absolute Gasteiger partial charge is 0.461 e. The summed E-state index contributed by atoms with van der Waals surface area (Å²) in [5.41, 5.74) is 0.232. The predicted octanol–water partition coefficient (Wildman–Crippen LogP) is -0.327. The Morgan fingerprint density at radius 2 is 1.84 bits per heavy atom. The molecule has 1 atom stereocenters. The maximum atomic E-state index is 11.1. The van der Waals surface area contributed by atoms with Gasteiger partial charge in [0.2, 0.25) is 0 Å². The Balaban J connectivity index is 3.61. The van der Waals surface area contributed by atoms with Crippen molar-refractivity contribution in [3.05, 3.63) is 12.2 Å². The van der Waals surface area contributed by atoms with Gasteiger partial charge in [0.15, 0.2) is 0 Å². The third-order valence-electron chi connectivity index (χ3n) is 1.84. The summed E-state index contributed by atoms with van der Waals surface area (Å²) >= 11 is 0. The molecule has 0 heterocycles. The van der Waals surface area contributed by atoms with Gasteiger partial charge < -0.3 is 24.1 Å². The van der Waals surface area contributed by atoms with E-state index < -0.39 is 18.0 Å². The second-order valence-electron chi connectivity index (χ2n) is 3.76. The van der Waals surface area contributed by atoms with Crippen LogP contribution in [0.15, 0.2) is 12.2 Å². The zero-order valence-corrected chi connectivity index (χ0v) is 11.2. The molecule has 0 aliphatic rings. The van der Waals surface area contributed by atoms with Gasteiger partial charge in [0, 0.05) is 12.7 Å². The number of aliphatic hydroxyl groups excluding tert-OH is 1. The number of aliphatic hydroxyl groups is 1. The van der Waals surface area contributed by atoms with Crippen molar-refractivity contribution in [1.29, 1.82) is 0 Å². The molecule has 7 nitrogen and oxygen atoms in total. The Kier molecular flexibility index (Phi) is 9.69. The fourth-order valence-electron chi connectivity index (χ4n) is 0.872. The van der Waals surface area contributed by atoms with Gasteiger partial charge >= 0.3 is 11.9 Å². The third kappa shape index (κ3) is 10.2. The van der Waals surface area contributed by atoms with Crippen LogP contribution in [0.1, 0.15) is 6.92 Å². The quantitative estimate of drug-likeness (QED) is 0.332. The topological polar surface area (TPSA) is 91.3 Å². The molecule has 1 unspecified atom stereocenters. The molecule has 1 N–H and O–H groups in total. The predicted molar refractivity (Wildman–Crippen MR) is 65.4 cm³/mol. The Labute approximate surface area is 112 Å². The van der Waals surface area contributed by atoms with Gasteiger partial charge in [-0.2, -0.15) is 0 Å². The highest BCUT2D eigenvalue weighted by atomic mass is 16.6. The molecular formula is C12H20O7. The minimum Gasteiger partial charge on any atom is -0.461 e. The maximum Gasteiger partial charge on any atom is 0.333 e. The first-order valence-electron chi connectivity index (χ1n) is 5.70. The summed E-state index contributed by atoms with van der Waals surface area (Å²) in [6.07, 6.45) is -1.08. The summed E-state index contributed by atoms with van der Waals surface area (Å²) in [5, 5.41) is 9.39. The highest BCUT2D eigenvalue weighted by molar-refractivity contribution is 5.86. The molecule has 0 amide bonds. The number of carbonyl (C=O) groups is 2. The molecule has 0 rings (SSSR count). The molecule has 0 saturated carbocycles. The average Bonchev–Trinajstić information content (AvgIpc) is 2.38. The first kappa shape index (κ1) is 17.6. The zero-order chi connectivity index (χ0) is 14.7. The summed E-state index contributed by atoms with van der Waals surface area (Å²) in [7, 11) is 1.52. The monoisotopic (exact) mass is 276 g/mol. The summed E-state index contributed by atoms with van der Waals surface area (Å²) in [4.78, 5) is 22.2. The van der Waals surface area contributed by atoms with Gasteiger partial charge in [0.05, 0.1) is 13.2 Å². The molecule has 7 heteroatoms. The summed E-state index contributed by atoms with van der Waals surface area (Å²) in [6, 6.07) is 0. The summed E-state index contributed by atoms with van der Waals surface area (Å²) < 4.78 is 19.0. The van der Waals surface area contributed by atoms with E-state index in [9.17, 15) is 14.7 Å². The molecule has 0 aromatic heterocycles. The Hall–Kier alpha value is -1.44. The van der Waals surface area contributed by atoms with Gasteiger partial charge in [0.25, 0.3) is 0 Å². The van der Waals surface area contributed by atoms with E-state index in [0.717, 1.165) is 0 Å². The maximum absolute atomic E-state index is 11.1. The molecule has 0 saturated heterocycles. The van der Waals surface area contributed by atoms with Crippen molar-refractivity contribution in [2.45, 2.75) is 13.0 Å². The van der Waals surface area contributed by atoms with Gasteiger partial charge in [-0.1, -0.05) is 6.58 Å². The van der Waals surface area contributed by atoms with Crippen molar-refractivity contribution < 1.29 is 33.6 Å². The minimum absolute atomic E-state index is 0.221. The Morgan fingerprint density at radius 1 is 1.21 bits per heavy atom. The number of methoxy groups -OCH3 is 1. The number of hydrogen-bond donors (Lipinski definition) is 1. The SMILES string of the molecule is C=C(C)C(=O)OCC(O)COC(=O)COCCOC. The van der Waals surface area contributed by atoms with Crippen LogP contribution in [0.2, 0.25) is 0 Å². The molecular weight excluding hydrogens is 256 g/mol. The minimum atomic E-state index is -1.08. The van der Waals surface area contributed by atoms with Crippen molar-refractivity contribution in [2.75, 3.05) is 40.1 Å². The van der Waals surface area contributed by atoms with E-state index in [1.807, 2.05) is 0 Å². The van der Waals surface area contributed by atoms with Crippen LogP contribution in [0.4, 0.5) is 0 Å². The molecule has 19 heavy (non-hydrogen) atoms. The van der Waals surface area contributed by atoms with E-state index in [-0.39, 0.29) is 32.0 Å². The summed E-state index contributed by atoms with van der Waals surface area (Å²) in [5.74, 6) is -1.21. The molecule has 0 aromatic carbocycles. The highest BCUT2D eigenvalue weighted by Crippen LogP contribution is 1.95. The average molecular weight is 276 g/mol. The molecule has 110 valence electrons. The number of ether oxygens (including phenoxy) is 4. The Morgan fingerprint density at radius 3 is 2.42 bits per heavy atom. The lowest BCUT2D eigenvalue weighted by Gasteiger charge is -2.12. The summed E-state index contributed by atoms with van der Waals surface area (Å²) in [6.45, 7) is 4.79. The van der Waals surface area contributed by atoms with Gasteiger partial charge in [-0.25, -0.2) is 9.59 Å². The molecule has 0 aromatic rings. The zero-order valence-electron chi connectivity index (χ0n) is 11.2. The van der Waals surface area contributed by atoms with Crippen LogP contribution in [0.25, 0.3) is 0 Å². The van der Waals surface area contributed by atoms with Crippen LogP contribution in [0.3, 0.4) is 0 Å². The van der Waals surface area contributed by atoms with Crippen LogP contribution in [0.5, 0.6) is 0 Å². The van der Waals surface area contributed by atoms with E-state index in [1.54, 1.807) is 0 Å². The van der Waals surface area contributed by atoms with Gasteiger partial charge in [0.1, 0.15) is 25.9 Å². The molecule has 0 fully saturated rings. The number of esters is 2. The standard InChI is InChI=1S/C12H20O7/c1-9(2)12(15)19-7-10(13)6-18-11(14)8-17-5-4-16-3/h10,13H,1,4-8H2,2-3H3. The lowest BCUT2D eigenvalue weighted by molar-refractivity contribution is -0.154. The van der Waals surface area contributed by atoms with Crippen molar-refractivity contribution >= 4 is 11.9 Å². The molecule has 0 aliphatic heterocycles. The lowest BCUT2D eigenvalue weighted by atomic mass is 10.3. The molecule has 0 aliphatic carbocycles.